The summed E-state index contributed by atoms with van der Waals surface area (Å²) >= 11 is 0. The maximum atomic E-state index is 12.6. The van der Waals surface area contributed by atoms with Gasteiger partial charge >= 0.3 is 12.1 Å². The number of carbonyl (C=O) groups excluding carboxylic acids is 2. The average molecular weight is 459 g/mol. The zero-order chi connectivity index (χ0) is 23.5. The first-order valence-electron chi connectivity index (χ1n) is 10.2. The van der Waals surface area contributed by atoms with E-state index in [1.165, 1.54) is 28.4 Å². The number of fused-ring (bicyclic) bond motifs is 1. The highest BCUT2D eigenvalue weighted by Gasteiger charge is 2.46. The van der Waals surface area contributed by atoms with Crippen molar-refractivity contribution >= 4 is 12.1 Å². The number of hydrogen-bond donors (Lipinski definition) is 1. The first kappa shape index (κ1) is 22.5. The second-order valence-electron chi connectivity index (χ2n) is 7.31. The van der Waals surface area contributed by atoms with Crippen molar-refractivity contribution in [3.63, 3.8) is 0 Å². The normalized spacial score (nSPS) is 17.8. The summed E-state index contributed by atoms with van der Waals surface area (Å²) in [5.74, 6) is 1.39. The smallest absolute Gasteiger partial charge is 0.406 e. The molecule has 2 aliphatic rings. The van der Waals surface area contributed by atoms with Crippen molar-refractivity contribution < 1.29 is 42.7 Å². The Morgan fingerprint density at radius 2 is 1.70 bits per heavy atom. The van der Waals surface area contributed by atoms with E-state index in [0.717, 1.165) is 11.1 Å². The number of alkyl carbamates (subject to hydrolysis) is 1. The van der Waals surface area contributed by atoms with Crippen molar-refractivity contribution in [2.75, 3.05) is 41.8 Å². The van der Waals surface area contributed by atoms with Gasteiger partial charge in [-0.2, -0.15) is 0 Å². The highest BCUT2D eigenvalue weighted by Crippen LogP contribution is 2.56. The summed E-state index contributed by atoms with van der Waals surface area (Å²) in [4.78, 5) is 24.0. The summed E-state index contributed by atoms with van der Waals surface area (Å²) in [5, 5.41) is 2.67. The Bertz CT molecular complexity index is 1070. The van der Waals surface area contributed by atoms with Crippen LogP contribution in [0, 0.1) is 0 Å². The van der Waals surface area contributed by atoms with Gasteiger partial charge < -0.3 is 38.5 Å². The lowest BCUT2D eigenvalue weighted by Crippen LogP contribution is -2.25. The van der Waals surface area contributed by atoms with Crippen LogP contribution in [0.2, 0.25) is 0 Å². The number of rotatable bonds is 8. The van der Waals surface area contributed by atoms with Crippen LogP contribution < -0.4 is 24.3 Å². The molecule has 0 bridgehead atoms. The Labute approximate surface area is 190 Å². The summed E-state index contributed by atoms with van der Waals surface area (Å²) in [6, 6.07) is 7.24. The fourth-order valence-corrected chi connectivity index (χ4v) is 3.93. The van der Waals surface area contributed by atoms with Crippen LogP contribution in [0.3, 0.4) is 0 Å². The van der Waals surface area contributed by atoms with Crippen molar-refractivity contribution in [3.8, 4) is 23.0 Å². The molecule has 2 atom stereocenters. The van der Waals surface area contributed by atoms with E-state index in [1.807, 2.05) is 12.1 Å². The van der Waals surface area contributed by atoms with Crippen LogP contribution in [0.1, 0.15) is 39.3 Å². The summed E-state index contributed by atoms with van der Waals surface area (Å²) < 4.78 is 37.5. The Balaban J connectivity index is 1.66. The maximum Gasteiger partial charge on any atom is 0.406 e. The van der Waals surface area contributed by atoms with Crippen LogP contribution in [0.5, 0.6) is 23.0 Å². The van der Waals surface area contributed by atoms with Gasteiger partial charge in [-0.3, -0.25) is 0 Å². The summed E-state index contributed by atoms with van der Waals surface area (Å²) in [6.45, 7) is 0.496. The molecule has 1 saturated heterocycles. The standard InChI is InChI=1S/C23H25NO9/c1-27-15-6-5-13(18(21(15)28-2)22(25)29-3)19-20(33-19)14-10-17-16(31-11-32-17)9-12(14)7-8-24-23(26)30-4/h5-6,9-10,19-20H,7-8,11H2,1-4H3,(H,24,26)/t19-,20-/m0/s1. The predicted octanol–water partition coefficient (Wildman–Crippen LogP) is 2.93. The SMILES string of the molecule is COC(=O)NCCc1cc2c(cc1[C@@H]1O[C@H]1c1ccc(OC)c(OC)c1C(=O)OC)OCO2. The fourth-order valence-electron chi connectivity index (χ4n) is 3.93. The number of esters is 1. The highest BCUT2D eigenvalue weighted by atomic mass is 16.7. The number of methoxy groups -OCH3 is 4. The first-order chi connectivity index (χ1) is 16.0. The molecule has 0 radical (unpaired) electrons. The fraction of sp³-hybridized carbons (Fsp3) is 0.391. The molecule has 1 fully saturated rings. The zero-order valence-corrected chi connectivity index (χ0v) is 18.8. The maximum absolute atomic E-state index is 12.6. The molecule has 0 aliphatic carbocycles. The average Bonchev–Trinajstić information content (AvgIpc) is 3.50. The summed E-state index contributed by atoms with van der Waals surface area (Å²) in [5.41, 5.74) is 2.67. The van der Waals surface area contributed by atoms with Gasteiger partial charge in [-0.1, -0.05) is 6.07 Å². The van der Waals surface area contributed by atoms with E-state index in [-0.39, 0.29) is 24.2 Å². The van der Waals surface area contributed by atoms with Crippen molar-refractivity contribution in [3.05, 3.63) is 46.5 Å². The van der Waals surface area contributed by atoms with Crippen molar-refractivity contribution in [2.45, 2.75) is 18.6 Å². The molecular formula is C23H25NO9. The van der Waals surface area contributed by atoms with Gasteiger partial charge in [-0.05, 0) is 35.7 Å². The number of hydrogen-bond acceptors (Lipinski definition) is 9. The molecule has 2 aromatic rings. The Morgan fingerprint density at radius 3 is 2.36 bits per heavy atom. The molecule has 4 rings (SSSR count). The molecule has 1 amide bonds. The predicted molar refractivity (Wildman–Crippen MR) is 114 cm³/mol. The minimum atomic E-state index is -0.553. The third-order valence-electron chi connectivity index (χ3n) is 5.56. The Hall–Kier alpha value is -3.66. The summed E-state index contributed by atoms with van der Waals surface area (Å²) in [7, 11) is 5.58. The molecule has 33 heavy (non-hydrogen) atoms. The molecule has 0 spiro atoms. The second-order valence-corrected chi connectivity index (χ2v) is 7.31. The molecule has 0 saturated carbocycles. The van der Waals surface area contributed by atoms with Crippen LogP contribution in [-0.2, 0) is 20.6 Å². The van der Waals surface area contributed by atoms with E-state index in [1.54, 1.807) is 12.1 Å². The van der Waals surface area contributed by atoms with E-state index in [2.05, 4.69) is 10.1 Å². The minimum Gasteiger partial charge on any atom is -0.493 e. The second kappa shape index (κ2) is 9.45. The van der Waals surface area contributed by atoms with Gasteiger partial charge in [0.2, 0.25) is 6.79 Å². The molecular weight excluding hydrogens is 434 g/mol. The van der Waals surface area contributed by atoms with Gasteiger partial charge in [0.1, 0.15) is 17.8 Å². The molecule has 0 aromatic heterocycles. The molecule has 2 aromatic carbocycles. The number of nitrogens with one attached hydrogen (secondary N) is 1. The topological polar surface area (TPSA) is 114 Å². The molecule has 2 heterocycles. The number of amides is 1. The first-order valence-corrected chi connectivity index (χ1v) is 10.2. The molecule has 10 nitrogen and oxygen atoms in total. The summed E-state index contributed by atoms with van der Waals surface area (Å²) in [6.07, 6.45) is -0.740. The molecule has 0 unspecified atom stereocenters. The van der Waals surface area contributed by atoms with E-state index in [4.69, 9.17) is 28.4 Å². The van der Waals surface area contributed by atoms with E-state index in [0.29, 0.717) is 35.8 Å². The molecule has 2 aliphatic heterocycles. The molecule has 176 valence electrons. The Morgan fingerprint density at radius 1 is 0.970 bits per heavy atom. The van der Waals surface area contributed by atoms with Gasteiger partial charge in [0.25, 0.3) is 0 Å². The monoisotopic (exact) mass is 459 g/mol. The molecule has 10 heteroatoms. The lowest BCUT2D eigenvalue weighted by atomic mass is 9.94. The van der Waals surface area contributed by atoms with Crippen molar-refractivity contribution in [1.29, 1.82) is 0 Å². The van der Waals surface area contributed by atoms with Crippen molar-refractivity contribution in [1.82, 2.24) is 5.32 Å². The largest absolute Gasteiger partial charge is 0.493 e. The Kier molecular flexibility index (Phi) is 6.45. The van der Waals surface area contributed by atoms with Crippen LogP contribution >= 0.6 is 0 Å². The number of carbonyl (C=O) groups is 2. The third kappa shape index (κ3) is 4.34. The number of ether oxygens (including phenoxy) is 7. The number of benzene rings is 2. The van der Waals surface area contributed by atoms with E-state index in [9.17, 15) is 9.59 Å². The van der Waals surface area contributed by atoms with Gasteiger partial charge in [-0.15, -0.1) is 0 Å². The van der Waals surface area contributed by atoms with E-state index < -0.39 is 18.2 Å². The molecule has 1 N–H and O–H groups in total. The van der Waals surface area contributed by atoms with Crippen molar-refractivity contribution in [2.24, 2.45) is 0 Å². The van der Waals surface area contributed by atoms with Gasteiger partial charge in [0.15, 0.2) is 23.0 Å². The van der Waals surface area contributed by atoms with Crippen LogP contribution in [-0.4, -0.2) is 53.8 Å². The lowest BCUT2D eigenvalue weighted by Gasteiger charge is -2.15. The van der Waals surface area contributed by atoms with Crippen LogP contribution in [0.25, 0.3) is 0 Å². The van der Waals surface area contributed by atoms with Crippen LogP contribution in [0.4, 0.5) is 4.79 Å². The zero-order valence-electron chi connectivity index (χ0n) is 18.8. The van der Waals surface area contributed by atoms with Gasteiger partial charge in [0.05, 0.1) is 28.4 Å². The number of epoxide rings is 1. The quantitative estimate of drug-likeness (QED) is 0.470. The van der Waals surface area contributed by atoms with E-state index >= 15 is 0 Å². The minimum absolute atomic E-state index is 0.135. The highest BCUT2D eigenvalue weighted by molar-refractivity contribution is 5.95. The van der Waals surface area contributed by atoms with Gasteiger partial charge in [0, 0.05) is 12.1 Å². The lowest BCUT2D eigenvalue weighted by molar-refractivity contribution is 0.0594. The third-order valence-corrected chi connectivity index (χ3v) is 5.56. The van der Waals surface area contributed by atoms with Crippen LogP contribution in [0.15, 0.2) is 24.3 Å². The van der Waals surface area contributed by atoms with Gasteiger partial charge in [-0.25, -0.2) is 9.59 Å².